The molecule has 0 heterocycles. The van der Waals surface area contributed by atoms with E-state index in [4.69, 9.17) is 0 Å². The van der Waals surface area contributed by atoms with Crippen molar-refractivity contribution in [1.29, 1.82) is 0 Å². The summed E-state index contributed by atoms with van der Waals surface area (Å²) in [5.74, 6) is 2.37. The maximum Gasteiger partial charge on any atom is 0.0613 e. The zero-order chi connectivity index (χ0) is 12.4. The number of aliphatic hydroxyl groups excluding tert-OH is 1. The third kappa shape index (κ3) is 3.23. The molecule has 3 rings (SSSR count). The fourth-order valence-electron chi connectivity index (χ4n) is 3.65. The van der Waals surface area contributed by atoms with E-state index in [0.29, 0.717) is 6.61 Å². The lowest BCUT2D eigenvalue weighted by Gasteiger charge is -2.29. The van der Waals surface area contributed by atoms with Crippen molar-refractivity contribution < 1.29 is 5.11 Å². The monoisotopic (exact) mass is 269 g/mol. The third-order valence-electron chi connectivity index (χ3n) is 5.00. The Balaban J connectivity index is 1.44. The molecule has 104 valence electrons. The van der Waals surface area contributed by atoms with Gasteiger partial charge in [-0.25, -0.2) is 0 Å². The lowest BCUT2D eigenvalue weighted by atomic mass is 9.99. The Hall–Kier alpha value is 0.270. The molecule has 3 aliphatic carbocycles. The van der Waals surface area contributed by atoms with Gasteiger partial charge in [-0.3, -0.25) is 0 Å². The van der Waals surface area contributed by atoms with Crippen LogP contribution in [0.5, 0.6) is 0 Å². The van der Waals surface area contributed by atoms with Gasteiger partial charge in [-0.1, -0.05) is 12.8 Å². The second-order valence-corrected chi connectivity index (χ2v) is 8.04. The molecule has 0 saturated heterocycles. The lowest BCUT2D eigenvalue weighted by Crippen LogP contribution is -2.47. The van der Waals surface area contributed by atoms with Gasteiger partial charge >= 0.3 is 0 Å². The Kier molecular flexibility index (Phi) is 4.21. The summed E-state index contributed by atoms with van der Waals surface area (Å²) in [6.45, 7) is 0.337. The number of aliphatic hydroxyl groups is 1. The van der Waals surface area contributed by atoms with Gasteiger partial charge in [-0.2, -0.15) is 11.8 Å². The highest BCUT2D eigenvalue weighted by atomic mass is 32.2. The van der Waals surface area contributed by atoms with E-state index in [0.717, 1.165) is 17.2 Å². The second-order valence-electron chi connectivity index (χ2n) is 6.71. The van der Waals surface area contributed by atoms with Gasteiger partial charge in [0.1, 0.15) is 0 Å². The molecule has 0 spiro atoms. The van der Waals surface area contributed by atoms with Crippen LogP contribution in [0.3, 0.4) is 0 Å². The second kappa shape index (κ2) is 5.72. The Morgan fingerprint density at radius 2 is 1.89 bits per heavy atom. The summed E-state index contributed by atoms with van der Waals surface area (Å²) in [7, 11) is 0. The van der Waals surface area contributed by atoms with Crippen LogP contribution in [-0.2, 0) is 0 Å². The Morgan fingerprint density at radius 1 is 1.11 bits per heavy atom. The molecule has 0 amide bonds. The molecule has 3 saturated carbocycles. The first-order chi connectivity index (χ1) is 8.80. The Bertz CT molecular complexity index is 276. The van der Waals surface area contributed by atoms with Crippen LogP contribution in [0.1, 0.15) is 57.8 Å². The number of hydrogen-bond acceptors (Lipinski definition) is 3. The summed E-state index contributed by atoms with van der Waals surface area (Å²) in [4.78, 5) is 0. The summed E-state index contributed by atoms with van der Waals surface area (Å²) < 4.78 is 0. The van der Waals surface area contributed by atoms with E-state index < -0.39 is 0 Å². The van der Waals surface area contributed by atoms with Crippen molar-refractivity contribution in [2.45, 2.75) is 74.6 Å². The van der Waals surface area contributed by atoms with E-state index in [-0.39, 0.29) is 5.54 Å². The van der Waals surface area contributed by atoms with Crippen molar-refractivity contribution in [1.82, 2.24) is 5.32 Å². The van der Waals surface area contributed by atoms with Crippen LogP contribution in [0.15, 0.2) is 0 Å². The fourth-order valence-corrected chi connectivity index (χ4v) is 5.25. The van der Waals surface area contributed by atoms with Crippen molar-refractivity contribution in [3.63, 3.8) is 0 Å². The van der Waals surface area contributed by atoms with Gasteiger partial charge in [0.05, 0.1) is 6.61 Å². The standard InChI is InChI=1S/C15H27NOS/c17-11-15(16-13-5-6-13)8-7-14(9-15)18-10-12-3-1-2-4-12/h12-14,16-17H,1-11H2. The van der Waals surface area contributed by atoms with Crippen LogP contribution in [0, 0.1) is 5.92 Å². The van der Waals surface area contributed by atoms with Crippen molar-refractivity contribution >= 4 is 11.8 Å². The van der Waals surface area contributed by atoms with E-state index in [1.165, 1.54) is 63.5 Å². The van der Waals surface area contributed by atoms with Crippen LogP contribution >= 0.6 is 11.8 Å². The fraction of sp³-hybridized carbons (Fsp3) is 1.00. The molecule has 2 nitrogen and oxygen atoms in total. The van der Waals surface area contributed by atoms with Gasteiger partial charge in [-0.05, 0) is 56.6 Å². The molecule has 2 atom stereocenters. The number of nitrogens with one attached hydrogen (secondary N) is 1. The molecule has 0 radical (unpaired) electrons. The van der Waals surface area contributed by atoms with Gasteiger partial charge in [0.25, 0.3) is 0 Å². The van der Waals surface area contributed by atoms with Gasteiger partial charge in [0.15, 0.2) is 0 Å². The van der Waals surface area contributed by atoms with Gasteiger partial charge in [0.2, 0.25) is 0 Å². The summed E-state index contributed by atoms with van der Waals surface area (Å²) in [5, 5.41) is 14.2. The third-order valence-corrected chi connectivity index (χ3v) is 6.53. The number of thioether (sulfide) groups is 1. The van der Waals surface area contributed by atoms with Crippen LogP contribution < -0.4 is 5.32 Å². The van der Waals surface area contributed by atoms with Crippen molar-refractivity contribution in [3.8, 4) is 0 Å². The maximum atomic E-state index is 9.72. The molecule has 3 aliphatic rings. The smallest absolute Gasteiger partial charge is 0.0613 e. The van der Waals surface area contributed by atoms with Crippen LogP contribution in [0.2, 0.25) is 0 Å². The van der Waals surface area contributed by atoms with E-state index in [1.807, 2.05) is 0 Å². The first-order valence-electron chi connectivity index (χ1n) is 7.80. The minimum atomic E-state index is 0.0779. The van der Waals surface area contributed by atoms with E-state index in [2.05, 4.69) is 17.1 Å². The average molecular weight is 269 g/mol. The summed E-state index contributed by atoms with van der Waals surface area (Å²) >= 11 is 2.20. The number of rotatable bonds is 6. The van der Waals surface area contributed by atoms with Crippen molar-refractivity contribution in [2.24, 2.45) is 5.92 Å². The van der Waals surface area contributed by atoms with Gasteiger partial charge in [0, 0.05) is 16.8 Å². The normalized spacial score (nSPS) is 37.5. The average Bonchev–Trinajstić information content (AvgIpc) is 2.91. The van der Waals surface area contributed by atoms with Gasteiger partial charge < -0.3 is 10.4 Å². The molecule has 2 unspecified atom stereocenters. The van der Waals surface area contributed by atoms with Crippen LogP contribution in [-0.4, -0.2) is 34.3 Å². The molecule has 3 heteroatoms. The largest absolute Gasteiger partial charge is 0.394 e. The lowest BCUT2D eigenvalue weighted by molar-refractivity contribution is 0.163. The molecule has 18 heavy (non-hydrogen) atoms. The Labute approximate surface area is 115 Å². The highest BCUT2D eigenvalue weighted by Gasteiger charge is 2.42. The van der Waals surface area contributed by atoms with Crippen molar-refractivity contribution in [3.05, 3.63) is 0 Å². The summed E-state index contributed by atoms with van der Waals surface area (Å²) in [6.07, 6.45) is 12.2. The zero-order valence-corrected chi connectivity index (χ0v) is 12.2. The first kappa shape index (κ1) is 13.3. The SMILES string of the molecule is OCC1(NC2CC2)CCC(SCC2CCCC2)C1. The van der Waals surface area contributed by atoms with Crippen LogP contribution in [0.25, 0.3) is 0 Å². The van der Waals surface area contributed by atoms with E-state index in [1.54, 1.807) is 0 Å². The zero-order valence-electron chi connectivity index (χ0n) is 11.4. The van der Waals surface area contributed by atoms with E-state index in [9.17, 15) is 5.11 Å². The predicted molar refractivity (Wildman–Crippen MR) is 78.0 cm³/mol. The Morgan fingerprint density at radius 3 is 2.56 bits per heavy atom. The molecule has 0 aromatic heterocycles. The molecule has 0 aromatic rings. The summed E-state index contributed by atoms with van der Waals surface area (Å²) in [5.41, 5.74) is 0.0779. The molecule has 0 aromatic carbocycles. The minimum Gasteiger partial charge on any atom is -0.394 e. The summed E-state index contributed by atoms with van der Waals surface area (Å²) in [6, 6.07) is 0.718. The minimum absolute atomic E-state index is 0.0779. The number of hydrogen-bond donors (Lipinski definition) is 2. The molecule has 2 N–H and O–H groups in total. The molecular formula is C15H27NOS. The van der Waals surface area contributed by atoms with E-state index >= 15 is 0 Å². The first-order valence-corrected chi connectivity index (χ1v) is 8.85. The van der Waals surface area contributed by atoms with Crippen molar-refractivity contribution in [2.75, 3.05) is 12.4 Å². The maximum absolute atomic E-state index is 9.72. The highest BCUT2D eigenvalue weighted by Crippen LogP contribution is 2.40. The molecule has 0 bridgehead atoms. The molecule has 0 aliphatic heterocycles. The predicted octanol–water partition coefficient (Wildman–Crippen LogP) is 2.95. The molecule has 3 fully saturated rings. The topological polar surface area (TPSA) is 32.3 Å². The van der Waals surface area contributed by atoms with Crippen LogP contribution in [0.4, 0.5) is 0 Å². The highest BCUT2D eigenvalue weighted by molar-refractivity contribution is 7.99. The van der Waals surface area contributed by atoms with Gasteiger partial charge in [-0.15, -0.1) is 0 Å². The quantitative estimate of drug-likeness (QED) is 0.777. The molecular weight excluding hydrogens is 242 g/mol.